The third-order valence-electron chi connectivity index (χ3n) is 3.77. The molecule has 3 nitrogen and oxygen atoms in total. The summed E-state index contributed by atoms with van der Waals surface area (Å²) in [5.74, 6) is 0.239. The van der Waals surface area contributed by atoms with Gasteiger partial charge < -0.3 is 9.64 Å². The van der Waals surface area contributed by atoms with Gasteiger partial charge in [0, 0.05) is 13.1 Å². The van der Waals surface area contributed by atoms with Gasteiger partial charge >= 0.3 is 0 Å². The van der Waals surface area contributed by atoms with E-state index in [1.54, 1.807) is 0 Å². The molecule has 0 radical (unpaired) electrons. The largest absolute Gasteiger partial charge is 0.379 e. The van der Waals surface area contributed by atoms with Crippen molar-refractivity contribution >= 4 is 5.91 Å². The second-order valence-electron chi connectivity index (χ2n) is 4.93. The molecule has 1 aromatic carbocycles. The van der Waals surface area contributed by atoms with Crippen LogP contribution in [-0.2, 0) is 16.1 Å². The minimum Gasteiger partial charge on any atom is -0.379 e. The van der Waals surface area contributed by atoms with Gasteiger partial charge in [0.05, 0.1) is 18.6 Å². The molecule has 18 heavy (non-hydrogen) atoms. The van der Waals surface area contributed by atoms with Gasteiger partial charge in [0.2, 0.25) is 5.91 Å². The minimum absolute atomic E-state index is 0.239. The van der Waals surface area contributed by atoms with Gasteiger partial charge in [-0.05, 0) is 18.9 Å². The van der Waals surface area contributed by atoms with Crippen molar-refractivity contribution in [2.75, 3.05) is 19.8 Å². The van der Waals surface area contributed by atoms with Crippen molar-refractivity contribution in [2.24, 2.45) is 5.41 Å². The van der Waals surface area contributed by atoms with Crippen LogP contribution in [0, 0.1) is 5.41 Å². The molecule has 98 valence electrons. The van der Waals surface area contributed by atoms with E-state index in [-0.39, 0.29) is 11.3 Å². The molecule has 0 N–H and O–H groups in total. The Labute approximate surface area is 109 Å². The summed E-state index contributed by atoms with van der Waals surface area (Å²) in [6.45, 7) is 6.69. The molecule has 1 heterocycles. The van der Waals surface area contributed by atoms with Crippen LogP contribution in [0.5, 0.6) is 0 Å². The molecule has 0 aliphatic carbocycles. The summed E-state index contributed by atoms with van der Waals surface area (Å²) in [7, 11) is 0. The third-order valence-corrected chi connectivity index (χ3v) is 3.77. The van der Waals surface area contributed by atoms with E-state index in [4.69, 9.17) is 4.74 Å². The predicted molar refractivity (Wildman–Crippen MR) is 71.1 cm³/mol. The lowest BCUT2D eigenvalue weighted by Gasteiger charge is -2.42. The molecule has 3 heteroatoms. The van der Waals surface area contributed by atoms with E-state index in [9.17, 15) is 4.79 Å². The highest BCUT2D eigenvalue weighted by Gasteiger charge is 2.46. The third kappa shape index (κ3) is 2.41. The lowest BCUT2D eigenvalue weighted by atomic mass is 9.81. The lowest BCUT2D eigenvalue weighted by Crippen LogP contribution is -2.54. The molecule has 1 aromatic rings. The Morgan fingerprint density at radius 2 is 1.94 bits per heavy atom. The number of nitrogens with zero attached hydrogens (tertiary/aromatic N) is 1. The summed E-state index contributed by atoms with van der Waals surface area (Å²) in [4.78, 5) is 14.5. The van der Waals surface area contributed by atoms with Crippen molar-refractivity contribution in [3.63, 3.8) is 0 Å². The smallest absolute Gasteiger partial charge is 0.233 e. The SMILES string of the molecule is CCN(Cc1ccccc1)C(=O)C1(CC)COC1. The van der Waals surface area contributed by atoms with Gasteiger partial charge in [0.1, 0.15) is 0 Å². The monoisotopic (exact) mass is 247 g/mol. The molecule has 1 aliphatic rings. The molecule has 0 atom stereocenters. The molecule has 0 unspecified atom stereocenters. The number of hydrogen-bond acceptors (Lipinski definition) is 2. The molecule has 1 fully saturated rings. The number of amides is 1. The number of benzene rings is 1. The summed E-state index contributed by atoms with van der Waals surface area (Å²) >= 11 is 0. The van der Waals surface area contributed by atoms with E-state index in [1.165, 1.54) is 5.56 Å². The second-order valence-corrected chi connectivity index (χ2v) is 4.93. The molecule has 0 aromatic heterocycles. The van der Waals surface area contributed by atoms with E-state index < -0.39 is 0 Å². The summed E-state index contributed by atoms with van der Waals surface area (Å²) in [5, 5.41) is 0. The first-order chi connectivity index (χ1) is 8.72. The Bertz CT molecular complexity index is 393. The van der Waals surface area contributed by atoms with Crippen molar-refractivity contribution in [3.8, 4) is 0 Å². The number of hydrogen-bond donors (Lipinski definition) is 0. The van der Waals surface area contributed by atoms with Crippen LogP contribution < -0.4 is 0 Å². The second kappa shape index (κ2) is 5.53. The average molecular weight is 247 g/mol. The van der Waals surface area contributed by atoms with Crippen LogP contribution in [-0.4, -0.2) is 30.6 Å². The van der Waals surface area contributed by atoms with Gasteiger partial charge in [0.25, 0.3) is 0 Å². The van der Waals surface area contributed by atoms with Crippen LogP contribution in [0.15, 0.2) is 30.3 Å². The Balaban J connectivity index is 2.07. The van der Waals surface area contributed by atoms with Crippen molar-refractivity contribution < 1.29 is 9.53 Å². The van der Waals surface area contributed by atoms with Crippen molar-refractivity contribution in [1.82, 2.24) is 4.90 Å². The standard InChI is InChI=1S/C15H21NO2/c1-3-15(11-18-12-15)14(17)16(4-2)10-13-8-6-5-7-9-13/h5-9H,3-4,10-12H2,1-2H3. The van der Waals surface area contributed by atoms with Crippen molar-refractivity contribution in [1.29, 1.82) is 0 Å². The molecule has 0 bridgehead atoms. The van der Waals surface area contributed by atoms with Gasteiger partial charge in [-0.25, -0.2) is 0 Å². The average Bonchev–Trinajstić information content (AvgIpc) is 2.36. The van der Waals surface area contributed by atoms with Crippen LogP contribution in [0.25, 0.3) is 0 Å². The molecule has 1 aliphatic heterocycles. The number of rotatable bonds is 5. The number of carbonyl (C=O) groups is 1. The van der Waals surface area contributed by atoms with E-state index >= 15 is 0 Å². The summed E-state index contributed by atoms with van der Waals surface area (Å²) in [6, 6.07) is 10.1. The fourth-order valence-electron chi connectivity index (χ4n) is 2.29. The lowest BCUT2D eigenvalue weighted by molar-refractivity contribution is -0.173. The van der Waals surface area contributed by atoms with Gasteiger partial charge in [0.15, 0.2) is 0 Å². The maximum absolute atomic E-state index is 12.6. The number of carbonyl (C=O) groups excluding carboxylic acids is 1. The van der Waals surface area contributed by atoms with Gasteiger partial charge in [-0.2, -0.15) is 0 Å². The van der Waals surface area contributed by atoms with Crippen molar-refractivity contribution in [3.05, 3.63) is 35.9 Å². The fraction of sp³-hybridized carbons (Fsp3) is 0.533. The van der Waals surface area contributed by atoms with E-state index in [1.807, 2.05) is 30.0 Å². The normalized spacial score (nSPS) is 17.0. The molecular formula is C15H21NO2. The summed E-state index contributed by atoms with van der Waals surface area (Å²) in [6.07, 6.45) is 0.858. The van der Waals surface area contributed by atoms with Crippen LogP contribution >= 0.6 is 0 Å². The highest BCUT2D eigenvalue weighted by molar-refractivity contribution is 5.83. The molecule has 2 rings (SSSR count). The van der Waals surface area contributed by atoms with Gasteiger partial charge in [-0.15, -0.1) is 0 Å². The van der Waals surface area contributed by atoms with Gasteiger partial charge in [-0.3, -0.25) is 4.79 Å². The predicted octanol–water partition coefficient (Wildman–Crippen LogP) is 2.46. The first-order valence-corrected chi connectivity index (χ1v) is 6.63. The molecule has 0 spiro atoms. The number of ether oxygens (including phenoxy) is 1. The zero-order chi connectivity index (χ0) is 13.0. The Kier molecular flexibility index (Phi) is 4.02. The van der Waals surface area contributed by atoms with Crippen LogP contribution in [0.4, 0.5) is 0 Å². The maximum Gasteiger partial charge on any atom is 0.233 e. The zero-order valence-electron chi connectivity index (χ0n) is 11.2. The highest BCUT2D eigenvalue weighted by atomic mass is 16.5. The van der Waals surface area contributed by atoms with Crippen LogP contribution in [0.2, 0.25) is 0 Å². The molecule has 1 amide bonds. The van der Waals surface area contributed by atoms with Crippen molar-refractivity contribution in [2.45, 2.75) is 26.8 Å². The molecule has 1 saturated heterocycles. The highest BCUT2D eigenvalue weighted by Crippen LogP contribution is 2.33. The van der Waals surface area contributed by atoms with Gasteiger partial charge in [-0.1, -0.05) is 37.3 Å². The van der Waals surface area contributed by atoms with E-state index in [2.05, 4.69) is 19.1 Å². The fourth-order valence-corrected chi connectivity index (χ4v) is 2.29. The quantitative estimate of drug-likeness (QED) is 0.800. The maximum atomic E-state index is 12.6. The topological polar surface area (TPSA) is 29.5 Å². The Morgan fingerprint density at radius 3 is 2.39 bits per heavy atom. The Hall–Kier alpha value is -1.35. The molecule has 0 saturated carbocycles. The molecular weight excluding hydrogens is 226 g/mol. The first-order valence-electron chi connectivity index (χ1n) is 6.63. The van der Waals surface area contributed by atoms with E-state index in [0.29, 0.717) is 19.8 Å². The van der Waals surface area contributed by atoms with Crippen LogP contribution in [0.1, 0.15) is 25.8 Å². The minimum atomic E-state index is -0.259. The summed E-state index contributed by atoms with van der Waals surface area (Å²) < 4.78 is 5.25. The Morgan fingerprint density at radius 1 is 1.28 bits per heavy atom. The summed E-state index contributed by atoms with van der Waals surface area (Å²) in [5.41, 5.74) is 0.921. The van der Waals surface area contributed by atoms with Crippen LogP contribution in [0.3, 0.4) is 0 Å². The first kappa shape index (κ1) is 13.1. The van der Waals surface area contributed by atoms with E-state index in [0.717, 1.165) is 13.0 Å². The zero-order valence-corrected chi connectivity index (χ0v) is 11.2.